The van der Waals surface area contributed by atoms with Crippen molar-refractivity contribution in [2.75, 3.05) is 31.1 Å². The summed E-state index contributed by atoms with van der Waals surface area (Å²) in [4.78, 5) is 5.94. The van der Waals surface area contributed by atoms with Crippen molar-refractivity contribution in [3.63, 3.8) is 0 Å². The Morgan fingerprint density at radius 3 is 2.47 bits per heavy atom. The van der Waals surface area contributed by atoms with Gasteiger partial charge in [0.1, 0.15) is 5.82 Å². The lowest BCUT2D eigenvalue weighted by Crippen LogP contribution is -2.44. The van der Waals surface area contributed by atoms with Gasteiger partial charge in [-0.05, 0) is 12.1 Å². The van der Waals surface area contributed by atoms with Crippen LogP contribution in [0.3, 0.4) is 0 Å². The zero-order chi connectivity index (χ0) is 10.7. The lowest BCUT2D eigenvalue weighted by atomic mass is 10.2. The molecule has 0 unspecified atom stereocenters. The minimum Gasteiger partial charge on any atom is -0.354 e. The first-order valence-corrected chi connectivity index (χ1v) is 4.98. The summed E-state index contributed by atoms with van der Waals surface area (Å²) in [6.07, 6.45) is -0.896. The zero-order valence-electron chi connectivity index (χ0n) is 9.10. The van der Waals surface area contributed by atoms with Gasteiger partial charge < -0.3 is 10.2 Å². The summed E-state index contributed by atoms with van der Waals surface area (Å²) < 4.78 is 25.4. The van der Waals surface area contributed by atoms with Gasteiger partial charge in [-0.25, -0.2) is 13.8 Å². The number of aromatic nitrogens is 1. The number of pyridine rings is 1. The van der Waals surface area contributed by atoms with Crippen molar-refractivity contribution in [3.8, 4) is 0 Å². The van der Waals surface area contributed by atoms with Crippen molar-refractivity contribution in [1.82, 2.24) is 10.3 Å². The highest BCUT2D eigenvalue weighted by atomic mass is 35.5. The molecule has 1 aliphatic heterocycles. The average molecular weight is 286 g/mol. The summed E-state index contributed by atoms with van der Waals surface area (Å²) in [5.74, 6) is 0.425. The Morgan fingerprint density at radius 1 is 1.24 bits per heavy atom. The molecule has 0 aliphatic carbocycles. The molecule has 1 fully saturated rings. The normalized spacial score (nSPS) is 15.1. The SMILES string of the molecule is Cl.Cl.FC(F)c1cccnc1N1CCNCC1. The third-order valence-corrected chi connectivity index (χ3v) is 2.47. The maximum Gasteiger partial charge on any atom is 0.267 e. The molecular formula is C10H15Cl2F2N3. The average Bonchev–Trinajstić information content (AvgIpc) is 2.30. The topological polar surface area (TPSA) is 28.2 Å². The second-order valence-electron chi connectivity index (χ2n) is 3.45. The van der Waals surface area contributed by atoms with Crippen LogP contribution in [0.4, 0.5) is 14.6 Å². The molecule has 1 saturated heterocycles. The van der Waals surface area contributed by atoms with Gasteiger partial charge >= 0.3 is 0 Å². The predicted octanol–water partition coefficient (Wildman–Crippen LogP) is 2.27. The van der Waals surface area contributed by atoms with Crippen LogP contribution in [-0.2, 0) is 0 Å². The molecule has 1 aromatic rings. The first-order chi connectivity index (χ1) is 7.29. The highest BCUT2D eigenvalue weighted by molar-refractivity contribution is 5.85. The van der Waals surface area contributed by atoms with Crippen LogP contribution in [0.5, 0.6) is 0 Å². The van der Waals surface area contributed by atoms with E-state index in [1.807, 2.05) is 4.90 Å². The first-order valence-electron chi connectivity index (χ1n) is 4.98. The summed E-state index contributed by atoms with van der Waals surface area (Å²) in [6, 6.07) is 2.99. The maximum absolute atomic E-state index is 12.7. The number of halogens is 4. The van der Waals surface area contributed by atoms with Crippen molar-refractivity contribution in [2.45, 2.75) is 6.43 Å². The number of nitrogens with zero attached hydrogens (tertiary/aromatic N) is 2. The summed E-state index contributed by atoms with van der Waals surface area (Å²) >= 11 is 0. The van der Waals surface area contributed by atoms with Gasteiger partial charge in [0, 0.05) is 32.4 Å². The molecule has 0 saturated carbocycles. The Hall–Kier alpha value is -0.650. The Morgan fingerprint density at radius 2 is 1.88 bits per heavy atom. The van der Waals surface area contributed by atoms with Crippen molar-refractivity contribution >= 4 is 30.6 Å². The van der Waals surface area contributed by atoms with Gasteiger partial charge in [-0.2, -0.15) is 0 Å². The molecule has 0 aromatic carbocycles. The Bertz CT molecular complexity index is 333. The van der Waals surface area contributed by atoms with Gasteiger partial charge in [-0.1, -0.05) is 0 Å². The maximum atomic E-state index is 12.7. The number of alkyl halides is 2. The molecule has 3 nitrogen and oxygen atoms in total. The van der Waals surface area contributed by atoms with E-state index in [9.17, 15) is 8.78 Å². The lowest BCUT2D eigenvalue weighted by Gasteiger charge is -2.29. The lowest BCUT2D eigenvalue weighted by molar-refractivity contribution is 0.151. The molecule has 1 aromatic heterocycles. The number of anilines is 1. The molecule has 7 heteroatoms. The summed E-state index contributed by atoms with van der Waals surface area (Å²) in [7, 11) is 0. The molecule has 2 heterocycles. The van der Waals surface area contributed by atoms with Crippen molar-refractivity contribution in [2.24, 2.45) is 0 Å². The number of hydrogen-bond donors (Lipinski definition) is 1. The number of nitrogens with one attached hydrogen (secondary N) is 1. The van der Waals surface area contributed by atoms with Gasteiger partial charge in [0.25, 0.3) is 6.43 Å². The molecule has 2 rings (SSSR count). The van der Waals surface area contributed by atoms with Crippen LogP contribution in [0.15, 0.2) is 18.3 Å². The second-order valence-corrected chi connectivity index (χ2v) is 3.45. The van der Waals surface area contributed by atoms with Crippen molar-refractivity contribution in [1.29, 1.82) is 0 Å². The van der Waals surface area contributed by atoms with Crippen LogP contribution in [0.1, 0.15) is 12.0 Å². The van der Waals surface area contributed by atoms with Crippen LogP contribution in [0, 0.1) is 0 Å². The third-order valence-electron chi connectivity index (χ3n) is 2.47. The van der Waals surface area contributed by atoms with Gasteiger partial charge in [0.05, 0.1) is 5.56 Å². The fraction of sp³-hybridized carbons (Fsp3) is 0.500. The molecule has 17 heavy (non-hydrogen) atoms. The predicted molar refractivity (Wildman–Crippen MR) is 68.8 cm³/mol. The van der Waals surface area contributed by atoms with E-state index in [0.29, 0.717) is 5.82 Å². The van der Waals surface area contributed by atoms with E-state index in [-0.39, 0.29) is 30.4 Å². The minimum atomic E-state index is -2.46. The van der Waals surface area contributed by atoms with E-state index in [1.54, 1.807) is 12.3 Å². The van der Waals surface area contributed by atoms with Gasteiger partial charge in [0.2, 0.25) is 0 Å². The molecule has 1 aliphatic rings. The summed E-state index contributed by atoms with van der Waals surface area (Å²) in [5.41, 5.74) is 0.0272. The smallest absolute Gasteiger partial charge is 0.267 e. The minimum absolute atomic E-state index is 0. The van der Waals surface area contributed by atoms with Crippen LogP contribution in [-0.4, -0.2) is 31.2 Å². The molecular weight excluding hydrogens is 271 g/mol. The van der Waals surface area contributed by atoms with E-state index in [4.69, 9.17) is 0 Å². The van der Waals surface area contributed by atoms with Crippen molar-refractivity contribution < 1.29 is 8.78 Å². The number of hydrogen-bond acceptors (Lipinski definition) is 3. The van der Waals surface area contributed by atoms with Gasteiger partial charge in [-0.3, -0.25) is 0 Å². The van der Waals surface area contributed by atoms with Gasteiger partial charge in [-0.15, -0.1) is 24.8 Å². The Labute approximate surface area is 111 Å². The van der Waals surface area contributed by atoms with Crippen LogP contribution in [0.25, 0.3) is 0 Å². The summed E-state index contributed by atoms with van der Waals surface area (Å²) in [6.45, 7) is 3.10. The molecule has 0 radical (unpaired) electrons. The number of piperazine rings is 1. The first kappa shape index (κ1) is 16.4. The Kier molecular flexibility index (Phi) is 7.34. The Balaban J connectivity index is 0.00000128. The quantitative estimate of drug-likeness (QED) is 0.904. The van der Waals surface area contributed by atoms with E-state index < -0.39 is 6.43 Å². The van der Waals surface area contributed by atoms with Crippen LogP contribution < -0.4 is 10.2 Å². The zero-order valence-corrected chi connectivity index (χ0v) is 10.7. The molecule has 0 atom stereocenters. The second kappa shape index (κ2) is 7.63. The highest BCUT2D eigenvalue weighted by Gasteiger charge is 2.19. The molecule has 0 amide bonds. The fourth-order valence-corrected chi connectivity index (χ4v) is 1.72. The van der Waals surface area contributed by atoms with E-state index in [2.05, 4.69) is 10.3 Å². The van der Waals surface area contributed by atoms with E-state index >= 15 is 0 Å². The fourth-order valence-electron chi connectivity index (χ4n) is 1.72. The van der Waals surface area contributed by atoms with E-state index in [0.717, 1.165) is 26.2 Å². The third kappa shape index (κ3) is 3.94. The summed E-state index contributed by atoms with van der Waals surface area (Å²) in [5, 5.41) is 3.18. The van der Waals surface area contributed by atoms with Crippen LogP contribution >= 0.6 is 24.8 Å². The largest absolute Gasteiger partial charge is 0.354 e. The van der Waals surface area contributed by atoms with E-state index in [1.165, 1.54) is 6.07 Å². The molecule has 0 spiro atoms. The van der Waals surface area contributed by atoms with Crippen LogP contribution in [0.2, 0.25) is 0 Å². The molecule has 1 N–H and O–H groups in total. The standard InChI is InChI=1S/C10H13F2N3.2ClH/c11-9(12)8-2-1-3-14-10(8)15-6-4-13-5-7-15;;/h1-3,9,13H,4-7H2;2*1H. The molecule has 0 bridgehead atoms. The van der Waals surface area contributed by atoms with Gasteiger partial charge in [0.15, 0.2) is 0 Å². The number of rotatable bonds is 2. The monoisotopic (exact) mass is 285 g/mol. The highest BCUT2D eigenvalue weighted by Crippen LogP contribution is 2.27. The van der Waals surface area contributed by atoms with Crippen molar-refractivity contribution in [3.05, 3.63) is 23.9 Å². The molecule has 98 valence electrons.